The second-order valence-electron chi connectivity index (χ2n) is 4.22. The van der Waals surface area contributed by atoms with E-state index < -0.39 is 5.60 Å². The summed E-state index contributed by atoms with van der Waals surface area (Å²) in [4.78, 5) is 0. The van der Waals surface area contributed by atoms with Crippen molar-refractivity contribution >= 4 is 0 Å². The summed E-state index contributed by atoms with van der Waals surface area (Å²) in [6.07, 6.45) is 1.25. The van der Waals surface area contributed by atoms with E-state index in [0.29, 0.717) is 31.8 Å². The summed E-state index contributed by atoms with van der Waals surface area (Å²) in [5.41, 5.74) is 0.0967. The lowest BCUT2D eigenvalue weighted by molar-refractivity contribution is -0.0681. The van der Waals surface area contributed by atoms with Crippen LogP contribution >= 0.6 is 0 Å². The van der Waals surface area contributed by atoms with Crippen molar-refractivity contribution < 1.29 is 19.3 Å². The molecule has 0 spiro atoms. The van der Waals surface area contributed by atoms with Crippen LogP contribution in [-0.4, -0.2) is 32.2 Å². The second-order valence-corrected chi connectivity index (χ2v) is 4.22. The third-order valence-corrected chi connectivity index (χ3v) is 3.03. The van der Waals surface area contributed by atoms with Crippen LogP contribution in [0.2, 0.25) is 0 Å². The zero-order chi connectivity index (χ0) is 12.1. The van der Waals surface area contributed by atoms with E-state index in [-0.39, 0.29) is 6.79 Å². The molecular weight excluding hydrogens is 220 g/mol. The molecule has 0 saturated carbocycles. The van der Waals surface area contributed by atoms with Crippen LogP contribution in [0.3, 0.4) is 0 Å². The maximum atomic E-state index is 10.5. The van der Waals surface area contributed by atoms with E-state index in [9.17, 15) is 5.11 Å². The van der Waals surface area contributed by atoms with Crippen LogP contribution in [0.4, 0.5) is 0 Å². The quantitative estimate of drug-likeness (QED) is 0.810. The van der Waals surface area contributed by atoms with Crippen molar-refractivity contribution in [3.63, 3.8) is 0 Å². The zero-order valence-electron chi connectivity index (χ0n) is 10.0. The number of methoxy groups -OCH3 is 1. The van der Waals surface area contributed by atoms with Crippen LogP contribution in [0.5, 0.6) is 5.75 Å². The van der Waals surface area contributed by atoms with Gasteiger partial charge in [-0.1, -0.05) is 12.1 Å². The summed E-state index contributed by atoms with van der Waals surface area (Å²) in [6.45, 7) is 1.41. The lowest BCUT2D eigenvalue weighted by atomic mass is 9.86. The largest absolute Gasteiger partial charge is 0.468 e. The fraction of sp³-hybridized carbons (Fsp3) is 0.538. The van der Waals surface area contributed by atoms with Crippen molar-refractivity contribution in [3.8, 4) is 5.75 Å². The highest BCUT2D eigenvalue weighted by molar-refractivity contribution is 5.32. The molecule has 1 heterocycles. The normalized spacial score (nSPS) is 18.9. The molecule has 2 rings (SSSR count). The molecule has 0 radical (unpaired) electrons. The minimum atomic E-state index is -0.787. The first-order valence-electron chi connectivity index (χ1n) is 5.77. The molecule has 0 aromatic heterocycles. The highest BCUT2D eigenvalue weighted by atomic mass is 16.7. The Balaban J connectivity index is 2.14. The number of hydrogen-bond donors (Lipinski definition) is 1. The van der Waals surface area contributed by atoms with Crippen molar-refractivity contribution in [3.05, 3.63) is 29.8 Å². The number of ether oxygens (including phenoxy) is 3. The third kappa shape index (κ3) is 2.97. The highest BCUT2D eigenvalue weighted by Crippen LogP contribution is 2.33. The molecule has 1 aliphatic rings. The summed E-state index contributed by atoms with van der Waals surface area (Å²) < 4.78 is 15.5. The molecule has 1 saturated heterocycles. The molecular formula is C13H18O4. The zero-order valence-corrected chi connectivity index (χ0v) is 10.0. The maximum absolute atomic E-state index is 10.5. The highest BCUT2D eigenvalue weighted by Gasteiger charge is 2.31. The molecule has 94 valence electrons. The van der Waals surface area contributed by atoms with Gasteiger partial charge in [-0.05, 0) is 17.7 Å². The fourth-order valence-corrected chi connectivity index (χ4v) is 2.00. The Bertz CT molecular complexity index is 358. The number of hydrogen-bond acceptors (Lipinski definition) is 4. The minimum absolute atomic E-state index is 0.213. The first-order valence-corrected chi connectivity index (χ1v) is 5.77. The van der Waals surface area contributed by atoms with Gasteiger partial charge >= 0.3 is 0 Å². The molecule has 1 N–H and O–H groups in total. The fourth-order valence-electron chi connectivity index (χ4n) is 2.00. The van der Waals surface area contributed by atoms with E-state index in [4.69, 9.17) is 14.2 Å². The summed E-state index contributed by atoms with van der Waals surface area (Å²) >= 11 is 0. The SMILES string of the molecule is COCOc1cccc(C2(O)CCOCC2)c1. The molecule has 0 aliphatic carbocycles. The molecule has 4 nitrogen and oxygen atoms in total. The third-order valence-electron chi connectivity index (χ3n) is 3.03. The summed E-state index contributed by atoms with van der Waals surface area (Å²) in [5, 5.41) is 10.5. The van der Waals surface area contributed by atoms with E-state index in [1.165, 1.54) is 0 Å². The molecule has 1 fully saturated rings. The van der Waals surface area contributed by atoms with Crippen LogP contribution in [0.25, 0.3) is 0 Å². The Labute approximate surface area is 101 Å². The minimum Gasteiger partial charge on any atom is -0.468 e. The van der Waals surface area contributed by atoms with Crippen molar-refractivity contribution in [1.29, 1.82) is 0 Å². The van der Waals surface area contributed by atoms with E-state index in [2.05, 4.69) is 0 Å². The molecule has 4 heteroatoms. The van der Waals surface area contributed by atoms with E-state index in [0.717, 1.165) is 5.56 Å². The van der Waals surface area contributed by atoms with Crippen molar-refractivity contribution in [2.75, 3.05) is 27.1 Å². The van der Waals surface area contributed by atoms with Crippen LogP contribution in [0.15, 0.2) is 24.3 Å². The maximum Gasteiger partial charge on any atom is 0.188 e. The average molecular weight is 238 g/mol. The molecule has 17 heavy (non-hydrogen) atoms. The van der Waals surface area contributed by atoms with Gasteiger partial charge in [0.1, 0.15) is 5.75 Å². The van der Waals surface area contributed by atoms with Gasteiger partial charge in [0.25, 0.3) is 0 Å². The number of benzene rings is 1. The van der Waals surface area contributed by atoms with Gasteiger partial charge in [-0.2, -0.15) is 0 Å². The second kappa shape index (κ2) is 5.49. The van der Waals surface area contributed by atoms with Gasteiger partial charge in [-0.15, -0.1) is 0 Å². The Morgan fingerprint density at radius 3 is 2.82 bits per heavy atom. The lowest BCUT2D eigenvalue weighted by Gasteiger charge is -2.32. The van der Waals surface area contributed by atoms with E-state index >= 15 is 0 Å². The molecule has 1 aromatic carbocycles. The Morgan fingerprint density at radius 2 is 2.12 bits per heavy atom. The Kier molecular flexibility index (Phi) is 3.99. The molecule has 0 bridgehead atoms. The lowest BCUT2D eigenvalue weighted by Crippen LogP contribution is -2.33. The van der Waals surface area contributed by atoms with Gasteiger partial charge in [0, 0.05) is 33.2 Å². The molecule has 0 amide bonds. The van der Waals surface area contributed by atoms with Crippen molar-refractivity contribution in [2.24, 2.45) is 0 Å². The number of aliphatic hydroxyl groups is 1. The predicted octanol–water partition coefficient (Wildman–Crippen LogP) is 1.67. The van der Waals surface area contributed by atoms with E-state index in [1.54, 1.807) is 7.11 Å². The monoisotopic (exact) mass is 238 g/mol. The number of rotatable bonds is 4. The first kappa shape index (κ1) is 12.4. The van der Waals surface area contributed by atoms with Gasteiger partial charge in [0.2, 0.25) is 0 Å². The van der Waals surface area contributed by atoms with Crippen LogP contribution in [0, 0.1) is 0 Å². The van der Waals surface area contributed by atoms with Gasteiger partial charge in [0.15, 0.2) is 6.79 Å². The molecule has 0 unspecified atom stereocenters. The molecule has 1 aliphatic heterocycles. The van der Waals surface area contributed by atoms with Gasteiger partial charge in [0.05, 0.1) is 5.60 Å². The standard InChI is InChI=1S/C13H18O4/c1-15-10-17-12-4-2-3-11(9-12)13(14)5-7-16-8-6-13/h2-4,9,14H,5-8,10H2,1H3. The molecule has 0 atom stereocenters. The Hall–Kier alpha value is -1.10. The van der Waals surface area contributed by atoms with Crippen LogP contribution in [-0.2, 0) is 15.1 Å². The summed E-state index contributed by atoms with van der Waals surface area (Å²) in [7, 11) is 1.58. The average Bonchev–Trinajstić information content (AvgIpc) is 2.38. The predicted molar refractivity (Wildman–Crippen MR) is 62.9 cm³/mol. The smallest absolute Gasteiger partial charge is 0.188 e. The van der Waals surface area contributed by atoms with Crippen LogP contribution < -0.4 is 4.74 Å². The topological polar surface area (TPSA) is 47.9 Å². The summed E-state index contributed by atoms with van der Waals surface area (Å²) in [6, 6.07) is 7.52. The van der Waals surface area contributed by atoms with Gasteiger partial charge in [-0.25, -0.2) is 0 Å². The van der Waals surface area contributed by atoms with Crippen LogP contribution in [0.1, 0.15) is 18.4 Å². The van der Waals surface area contributed by atoms with Gasteiger partial charge < -0.3 is 19.3 Å². The van der Waals surface area contributed by atoms with Crippen molar-refractivity contribution in [1.82, 2.24) is 0 Å². The van der Waals surface area contributed by atoms with E-state index in [1.807, 2.05) is 24.3 Å². The molecule has 1 aromatic rings. The Morgan fingerprint density at radius 1 is 1.35 bits per heavy atom. The van der Waals surface area contributed by atoms with Gasteiger partial charge in [-0.3, -0.25) is 0 Å². The van der Waals surface area contributed by atoms with Crippen molar-refractivity contribution in [2.45, 2.75) is 18.4 Å². The summed E-state index contributed by atoms with van der Waals surface area (Å²) in [5.74, 6) is 0.712. The first-order chi connectivity index (χ1) is 8.24.